The number of amides is 3. The fraction of sp³-hybridized carbons (Fsp3) is 0.375. The van der Waals surface area contributed by atoms with Crippen molar-refractivity contribution < 1.29 is 14.4 Å². The van der Waals surface area contributed by atoms with Crippen molar-refractivity contribution >= 4 is 46.6 Å². The van der Waals surface area contributed by atoms with E-state index in [4.69, 9.17) is 23.2 Å². The fourth-order valence-electron chi connectivity index (χ4n) is 5.69. The van der Waals surface area contributed by atoms with Gasteiger partial charge in [0.2, 0.25) is 17.7 Å². The topological polar surface area (TPSA) is 66.5 Å². The second-order valence-electron chi connectivity index (χ2n) is 8.73. The molecule has 1 heterocycles. The van der Waals surface area contributed by atoms with Crippen LogP contribution in [0, 0.1) is 23.7 Å². The van der Waals surface area contributed by atoms with Gasteiger partial charge in [-0.25, -0.2) is 0 Å². The monoisotopic (exact) mass is 456 g/mol. The Hall–Kier alpha value is -2.37. The second-order valence-corrected chi connectivity index (χ2v) is 9.51. The molecule has 2 saturated carbocycles. The average Bonchev–Trinajstić information content (AvgIpc) is 3.45. The molecule has 7 heteroatoms. The lowest BCUT2D eigenvalue weighted by Gasteiger charge is -2.27. The van der Waals surface area contributed by atoms with Crippen LogP contribution in [0.15, 0.2) is 48.5 Å². The Bertz CT molecular complexity index is 1030. The standard InChI is InChI=1S/C24H22Cl2N2O3/c25-16-7-4-8-17(21(16)26)27-22(29)18(11-13-5-2-1-3-6-13)28-23(30)19-14-9-10-15(12-14)20(19)24(28)31/h1-8,14-15,18-20H,9-12H2,(H,27,29)/t14-,15-,18-,19-,20-/m0/s1. The number of nitrogens with zero attached hydrogens (tertiary/aromatic N) is 1. The largest absolute Gasteiger partial charge is 0.323 e. The summed E-state index contributed by atoms with van der Waals surface area (Å²) in [6.07, 6.45) is 3.18. The van der Waals surface area contributed by atoms with Gasteiger partial charge in [0.15, 0.2) is 0 Å². The number of nitrogens with one attached hydrogen (secondary N) is 1. The Balaban J connectivity index is 1.47. The molecule has 3 amide bonds. The van der Waals surface area contributed by atoms with Gasteiger partial charge in [-0.3, -0.25) is 19.3 Å². The number of halogens is 2. The Morgan fingerprint density at radius 2 is 1.61 bits per heavy atom. The molecule has 0 unspecified atom stereocenters. The number of hydrogen-bond acceptors (Lipinski definition) is 3. The van der Waals surface area contributed by atoms with Crippen LogP contribution in [0.5, 0.6) is 0 Å². The molecule has 5 nitrogen and oxygen atoms in total. The van der Waals surface area contributed by atoms with E-state index in [0.29, 0.717) is 10.7 Å². The van der Waals surface area contributed by atoms with Gasteiger partial charge in [0, 0.05) is 6.42 Å². The molecule has 3 fully saturated rings. The number of rotatable bonds is 5. The number of hydrogen-bond donors (Lipinski definition) is 1. The summed E-state index contributed by atoms with van der Waals surface area (Å²) in [5.74, 6) is -0.856. The summed E-state index contributed by atoms with van der Waals surface area (Å²) >= 11 is 12.3. The molecule has 31 heavy (non-hydrogen) atoms. The number of anilines is 1. The maximum absolute atomic E-state index is 13.4. The molecule has 2 aromatic carbocycles. The molecule has 2 aromatic rings. The van der Waals surface area contributed by atoms with E-state index in [9.17, 15) is 14.4 Å². The van der Waals surface area contributed by atoms with Gasteiger partial charge in [-0.05, 0) is 48.8 Å². The molecule has 5 atom stereocenters. The molecule has 1 N–H and O–H groups in total. The second kappa shape index (κ2) is 7.95. The van der Waals surface area contributed by atoms with Crippen molar-refractivity contribution in [1.29, 1.82) is 0 Å². The molecule has 5 rings (SSSR count). The van der Waals surface area contributed by atoms with E-state index in [0.717, 1.165) is 24.8 Å². The van der Waals surface area contributed by atoms with Gasteiger partial charge in [0.1, 0.15) is 6.04 Å². The molecule has 1 aliphatic heterocycles. The normalized spacial score (nSPS) is 27.5. The summed E-state index contributed by atoms with van der Waals surface area (Å²) in [7, 11) is 0. The smallest absolute Gasteiger partial charge is 0.248 e. The van der Waals surface area contributed by atoms with Gasteiger partial charge < -0.3 is 5.32 Å². The van der Waals surface area contributed by atoms with E-state index in [1.165, 1.54) is 4.90 Å². The van der Waals surface area contributed by atoms with E-state index in [2.05, 4.69) is 5.32 Å². The van der Waals surface area contributed by atoms with Crippen LogP contribution in [0.3, 0.4) is 0 Å². The van der Waals surface area contributed by atoms with Crippen molar-refractivity contribution in [1.82, 2.24) is 4.90 Å². The zero-order chi connectivity index (χ0) is 21.7. The number of benzene rings is 2. The fourth-order valence-corrected chi connectivity index (χ4v) is 6.04. The molecule has 3 aliphatic rings. The summed E-state index contributed by atoms with van der Waals surface area (Å²) in [5.41, 5.74) is 1.23. The molecule has 2 bridgehead atoms. The van der Waals surface area contributed by atoms with E-state index < -0.39 is 11.9 Å². The maximum Gasteiger partial charge on any atom is 0.248 e. The van der Waals surface area contributed by atoms with Crippen molar-refractivity contribution in [3.05, 3.63) is 64.1 Å². The van der Waals surface area contributed by atoms with Gasteiger partial charge >= 0.3 is 0 Å². The molecule has 0 radical (unpaired) electrons. The van der Waals surface area contributed by atoms with E-state index in [-0.39, 0.29) is 46.9 Å². The summed E-state index contributed by atoms with van der Waals surface area (Å²) in [6.45, 7) is 0. The van der Waals surface area contributed by atoms with Crippen LogP contribution in [0.1, 0.15) is 24.8 Å². The Morgan fingerprint density at radius 3 is 2.26 bits per heavy atom. The molecule has 2 aliphatic carbocycles. The van der Waals surface area contributed by atoms with Crippen LogP contribution in [0.25, 0.3) is 0 Å². The molecular weight excluding hydrogens is 435 g/mol. The van der Waals surface area contributed by atoms with Gasteiger partial charge in [-0.1, -0.05) is 59.6 Å². The summed E-state index contributed by atoms with van der Waals surface area (Å²) < 4.78 is 0. The number of fused-ring (bicyclic) bond motifs is 5. The van der Waals surface area contributed by atoms with E-state index in [1.807, 2.05) is 30.3 Å². The Kier molecular flexibility index (Phi) is 5.27. The van der Waals surface area contributed by atoms with Crippen molar-refractivity contribution in [2.75, 3.05) is 5.32 Å². The lowest BCUT2D eigenvalue weighted by Crippen LogP contribution is -2.49. The van der Waals surface area contributed by atoms with Crippen LogP contribution in [-0.2, 0) is 20.8 Å². The summed E-state index contributed by atoms with van der Waals surface area (Å²) in [6, 6.07) is 13.4. The third-order valence-corrected chi connectivity index (χ3v) is 7.88. The quantitative estimate of drug-likeness (QED) is 0.669. The van der Waals surface area contributed by atoms with E-state index >= 15 is 0 Å². The molecule has 0 spiro atoms. The van der Waals surface area contributed by atoms with Crippen molar-refractivity contribution in [2.24, 2.45) is 23.7 Å². The molecule has 0 aromatic heterocycles. The zero-order valence-corrected chi connectivity index (χ0v) is 18.3. The first-order valence-electron chi connectivity index (χ1n) is 10.6. The highest BCUT2D eigenvalue weighted by Gasteiger charge is 2.62. The Morgan fingerprint density at radius 1 is 0.968 bits per heavy atom. The van der Waals surface area contributed by atoms with Crippen LogP contribution < -0.4 is 5.32 Å². The van der Waals surface area contributed by atoms with Crippen molar-refractivity contribution in [3.8, 4) is 0 Å². The minimum Gasteiger partial charge on any atom is -0.323 e. The maximum atomic E-state index is 13.4. The van der Waals surface area contributed by atoms with Crippen LogP contribution in [0.2, 0.25) is 10.0 Å². The Labute approximate surface area is 190 Å². The lowest BCUT2D eigenvalue weighted by molar-refractivity contribution is -0.147. The lowest BCUT2D eigenvalue weighted by atomic mass is 9.81. The van der Waals surface area contributed by atoms with Crippen LogP contribution in [0.4, 0.5) is 5.69 Å². The van der Waals surface area contributed by atoms with E-state index in [1.54, 1.807) is 18.2 Å². The zero-order valence-electron chi connectivity index (χ0n) is 16.8. The van der Waals surface area contributed by atoms with Gasteiger partial charge in [-0.15, -0.1) is 0 Å². The third kappa shape index (κ3) is 3.44. The minimum absolute atomic E-state index is 0.199. The summed E-state index contributed by atoms with van der Waals surface area (Å²) in [4.78, 5) is 41.4. The van der Waals surface area contributed by atoms with Gasteiger partial charge in [0.25, 0.3) is 0 Å². The highest BCUT2D eigenvalue weighted by atomic mass is 35.5. The first kappa shape index (κ1) is 20.5. The third-order valence-electron chi connectivity index (χ3n) is 7.06. The SMILES string of the molecule is O=C(Nc1cccc(Cl)c1Cl)[C@H](Cc1ccccc1)N1C(=O)[C@H]2[C@H]3CC[C@@H](C3)[C@@H]2C1=O. The number of likely N-dealkylation sites (tertiary alicyclic amines) is 1. The van der Waals surface area contributed by atoms with Gasteiger partial charge in [0.05, 0.1) is 27.6 Å². The molecule has 1 saturated heterocycles. The highest BCUT2D eigenvalue weighted by molar-refractivity contribution is 6.44. The minimum atomic E-state index is -0.942. The van der Waals surface area contributed by atoms with Crippen molar-refractivity contribution in [3.63, 3.8) is 0 Å². The molecular formula is C24H22Cl2N2O3. The first-order valence-corrected chi connectivity index (χ1v) is 11.4. The predicted octanol–water partition coefficient (Wildman–Crippen LogP) is 4.57. The van der Waals surface area contributed by atoms with Crippen LogP contribution in [-0.4, -0.2) is 28.7 Å². The van der Waals surface area contributed by atoms with Crippen molar-refractivity contribution in [2.45, 2.75) is 31.7 Å². The number of carbonyl (C=O) groups is 3. The van der Waals surface area contributed by atoms with Gasteiger partial charge in [-0.2, -0.15) is 0 Å². The van der Waals surface area contributed by atoms with Crippen LogP contribution >= 0.6 is 23.2 Å². The number of carbonyl (C=O) groups excluding carboxylic acids is 3. The average molecular weight is 457 g/mol. The number of imide groups is 1. The summed E-state index contributed by atoms with van der Waals surface area (Å²) in [5, 5.41) is 3.34. The highest BCUT2D eigenvalue weighted by Crippen LogP contribution is 2.56. The first-order chi connectivity index (χ1) is 15.0. The molecule has 160 valence electrons. The predicted molar refractivity (Wildman–Crippen MR) is 119 cm³/mol.